The molecule has 2 unspecified atom stereocenters. The van der Waals surface area contributed by atoms with Gasteiger partial charge in [-0.25, -0.2) is 4.57 Å². The van der Waals surface area contributed by atoms with Gasteiger partial charge >= 0.3 is 19.8 Å². The zero-order valence-electron chi connectivity index (χ0n) is 30.4. The number of allylic oxidation sites excluding steroid dienone is 4. The van der Waals surface area contributed by atoms with Gasteiger partial charge in [0.2, 0.25) is 0 Å². The Morgan fingerprint density at radius 2 is 1.02 bits per heavy atom. The van der Waals surface area contributed by atoms with Gasteiger partial charge in [0.25, 0.3) is 0 Å². The number of hydrogen-bond donors (Lipinski definition) is 1. The van der Waals surface area contributed by atoms with Gasteiger partial charge in [0, 0.05) is 12.8 Å². The molecule has 0 saturated heterocycles. The van der Waals surface area contributed by atoms with Crippen molar-refractivity contribution in [3.05, 3.63) is 24.3 Å². The molecule has 0 aromatic carbocycles. The Bertz CT molecular complexity index is 829. The van der Waals surface area contributed by atoms with E-state index in [0.29, 0.717) is 12.8 Å². The van der Waals surface area contributed by atoms with Crippen molar-refractivity contribution in [3.8, 4) is 0 Å². The van der Waals surface area contributed by atoms with Crippen LogP contribution in [0.1, 0.15) is 181 Å². The van der Waals surface area contributed by atoms with E-state index in [2.05, 4.69) is 38.2 Å². The smallest absolute Gasteiger partial charge is 0.462 e. The molecule has 0 radical (unpaired) electrons. The predicted molar refractivity (Wildman–Crippen MR) is 193 cm³/mol. The maximum Gasteiger partial charge on any atom is 0.472 e. The second-order valence-electron chi connectivity index (χ2n) is 12.6. The molecule has 0 fully saturated rings. The zero-order chi connectivity index (χ0) is 34.7. The average Bonchev–Trinajstić information content (AvgIpc) is 3.04. The number of phosphoric acid groups is 1. The summed E-state index contributed by atoms with van der Waals surface area (Å²) in [5.41, 5.74) is 0. The quantitative estimate of drug-likeness (QED) is 0.0304. The summed E-state index contributed by atoms with van der Waals surface area (Å²) < 4.78 is 32.5. The third-order valence-electron chi connectivity index (χ3n) is 8.01. The molecule has 0 aromatic heterocycles. The van der Waals surface area contributed by atoms with E-state index >= 15 is 0 Å². The normalized spacial score (nSPS) is 13.7. The molecule has 47 heavy (non-hydrogen) atoms. The van der Waals surface area contributed by atoms with Crippen molar-refractivity contribution in [2.45, 2.75) is 187 Å². The van der Waals surface area contributed by atoms with Gasteiger partial charge in [-0.2, -0.15) is 0 Å². The molecule has 1 N–H and O–H groups in total. The molecule has 0 rings (SSSR count). The molecule has 0 aliphatic heterocycles. The van der Waals surface area contributed by atoms with Crippen LogP contribution in [0.4, 0.5) is 0 Å². The highest BCUT2D eigenvalue weighted by molar-refractivity contribution is 7.47. The van der Waals surface area contributed by atoms with Crippen molar-refractivity contribution >= 4 is 19.8 Å². The van der Waals surface area contributed by atoms with Gasteiger partial charge in [0.15, 0.2) is 6.10 Å². The maximum atomic E-state index is 12.5. The maximum absolute atomic E-state index is 12.5. The Balaban J connectivity index is 4.17. The lowest BCUT2D eigenvalue weighted by atomic mass is 10.1. The van der Waals surface area contributed by atoms with E-state index < -0.39 is 26.5 Å². The summed E-state index contributed by atoms with van der Waals surface area (Å²) in [5, 5.41) is 0. The predicted octanol–water partition coefficient (Wildman–Crippen LogP) is 11.5. The van der Waals surface area contributed by atoms with Crippen LogP contribution in [-0.2, 0) is 32.7 Å². The van der Waals surface area contributed by atoms with Gasteiger partial charge in [0.1, 0.15) is 6.61 Å². The van der Waals surface area contributed by atoms with E-state index in [9.17, 15) is 19.0 Å². The van der Waals surface area contributed by atoms with Gasteiger partial charge in [-0.3, -0.25) is 18.6 Å². The molecule has 276 valence electrons. The van der Waals surface area contributed by atoms with Crippen molar-refractivity contribution in [1.29, 1.82) is 0 Å². The molecular formula is C38H71O8P. The van der Waals surface area contributed by atoms with Gasteiger partial charge < -0.3 is 14.4 Å². The van der Waals surface area contributed by atoms with E-state index in [0.717, 1.165) is 57.8 Å². The van der Waals surface area contributed by atoms with E-state index in [-0.39, 0.29) is 25.6 Å². The number of esters is 2. The van der Waals surface area contributed by atoms with Crippen molar-refractivity contribution in [2.24, 2.45) is 0 Å². The minimum atomic E-state index is -4.27. The molecule has 0 aromatic rings. The standard InChI is InChI=1S/C38H71O8P/c1-4-7-9-11-13-15-17-18-19-20-21-23-25-27-29-31-33-38(40)46-36(35-45-47(41,42)44-6-3)34-43-37(39)32-30-28-26-24-22-16-14-12-10-8-5-2/h15,17,19-20,36H,4-14,16,18,21-35H2,1-3H3,(H,41,42)/b17-15-,20-19-. The van der Waals surface area contributed by atoms with Crippen LogP contribution in [0.25, 0.3) is 0 Å². The van der Waals surface area contributed by atoms with Gasteiger partial charge in [0.05, 0.1) is 13.2 Å². The van der Waals surface area contributed by atoms with Gasteiger partial charge in [-0.1, -0.05) is 141 Å². The second kappa shape index (κ2) is 34.4. The molecule has 0 aliphatic rings. The lowest BCUT2D eigenvalue weighted by Gasteiger charge is -2.19. The number of hydrogen-bond acceptors (Lipinski definition) is 7. The molecule has 0 saturated carbocycles. The molecule has 0 spiro atoms. The number of ether oxygens (including phenoxy) is 2. The fourth-order valence-corrected chi connectivity index (χ4v) is 5.94. The van der Waals surface area contributed by atoms with E-state index in [1.165, 1.54) is 83.5 Å². The average molecular weight is 687 g/mol. The molecule has 0 heterocycles. The molecule has 0 aliphatic carbocycles. The van der Waals surface area contributed by atoms with Crippen molar-refractivity contribution in [1.82, 2.24) is 0 Å². The Morgan fingerprint density at radius 1 is 0.574 bits per heavy atom. The van der Waals surface area contributed by atoms with Crippen LogP contribution in [0, 0.1) is 0 Å². The third kappa shape index (κ3) is 34.2. The number of carbonyl (C=O) groups excluding carboxylic acids is 2. The van der Waals surface area contributed by atoms with E-state index in [4.69, 9.17) is 18.5 Å². The summed E-state index contributed by atoms with van der Waals surface area (Å²) >= 11 is 0. The van der Waals surface area contributed by atoms with Crippen LogP contribution in [-0.4, -0.2) is 42.8 Å². The monoisotopic (exact) mass is 686 g/mol. The number of unbranched alkanes of at least 4 members (excludes halogenated alkanes) is 19. The van der Waals surface area contributed by atoms with E-state index in [1.807, 2.05) is 0 Å². The van der Waals surface area contributed by atoms with Gasteiger partial charge in [-0.15, -0.1) is 0 Å². The molecule has 0 bridgehead atoms. The molecule has 0 amide bonds. The summed E-state index contributed by atoms with van der Waals surface area (Å²) in [6, 6.07) is 0. The largest absolute Gasteiger partial charge is 0.472 e. The lowest BCUT2D eigenvalue weighted by Crippen LogP contribution is -2.29. The lowest BCUT2D eigenvalue weighted by molar-refractivity contribution is -0.161. The van der Waals surface area contributed by atoms with Gasteiger partial charge in [-0.05, 0) is 51.9 Å². The van der Waals surface area contributed by atoms with Crippen LogP contribution in [0.15, 0.2) is 24.3 Å². The first-order chi connectivity index (χ1) is 22.8. The number of carbonyl (C=O) groups is 2. The Kier molecular flexibility index (Phi) is 33.3. The fourth-order valence-electron chi connectivity index (χ4n) is 5.19. The van der Waals surface area contributed by atoms with Crippen LogP contribution in [0.3, 0.4) is 0 Å². The van der Waals surface area contributed by atoms with Crippen LogP contribution >= 0.6 is 7.82 Å². The molecule has 9 heteroatoms. The minimum absolute atomic E-state index is 0.000930. The first-order valence-corrected chi connectivity index (χ1v) is 20.6. The van der Waals surface area contributed by atoms with Crippen LogP contribution in [0.2, 0.25) is 0 Å². The third-order valence-corrected chi connectivity index (χ3v) is 9.07. The Labute approximate surface area is 288 Å². The summed E-state index contributed by atoms with van der Waals surface area (Å²) in [4.78, 5) is 34.5. The fraction of sp³-hybridized carbons (Fsp3) is 0.842. The van der Waals surface area contributed by atoms with Crippen LogP contribution in [0.5, 0.6) is 0 Å². The first kappa shape index (κ1) is 45.5. The molecule has 2 atom stereocenters. The first-order valence-electron chi connectivity index (χ1n) is 19.1. The number of phosphoric ester groups is 1. The highest BCUT2D eigenvalue weighted by Gasteiger charge is 2.25. The SMILES string of the molecule is CCCCCC/C=C\C/C=C\CCCCCCCC(=O)OC(COC(=O)CCCCCCCCCCCCC)COP(=O)(O)OCC. The Hall–Kier alpha value is -1.47. The van der Waals surface area contributed by atoms with Crippen molar-refractivity contribution < 1.29 is 37.6 Å². The minimum Gasteiger partial charge on any atom is -0.462 e. The summed E-state index contributed by atoms with van der Waals surface area (Å²) in [6.45, 7) is 5.42. The highest BCUT2D eigenvalue weighted by atomic mass is 31.2. The van der Waals surface area contributed by atoms with Crippen LogP contribution < -0.4 is 0 Å². The van der Waals surface area contributed by atoms with Crippen molar-refractivity contribution in [2.75, 3.05) is 19.8 Å². The van der Waals surface area contributed by atoms with Crippen molar-refractivity contribution in [3.63, 3.8) is 0 Å². The summed E-state index contributed by atoms with van der Waals surface area (Å²) in [5.74, 6) is -0.811. The summed E-state index contributed by atoms with van der Waals surface area (Å²) in [6.07, 6.45) is 35.1. The Morgan fingerprint density at radius 3 is 1.53 bits per heavy atom. The second-order valence-corrected chi connectivity index (χ2v) is 14.1. The zero-order valence-corrected chi connectivity index (χ0v) is 31.3. The summed E-state index contributed by atoms with van der Waals surface area (Å²) in [7, 11) is -4.27. The highest BCUT2D eigenvalue weighted by Crippen LogP contribution is 2.43. The molecular weight excluding hydrogens is 615 g/mol. The number of rotatable bonds is 35. The van der Waals surface area contributed by atoms with E-state index in [1.54, 1.807) is 6.92 Å². The molecule has 8 nitrogen and oxygen atoms in total. The topological polar surface area (TPSA) is 108 Å².